The Morgan fingerprint density at radius 3 is 1.82 bits per heavy atom. The first-order valence-electron chi connectivity index (χ1n) is 9.72. The highest BCUT2D eigenvalue weighted by Crippen LogP contribution is 2.30. The predicted octanol–water partition coefficient (Wildman–Crippen LogP) is -0.211. The molecule has 0 N–H and O–H groups in total. The zero-order valence-electron chi connectivity index (χ0n) is 19.2. The van der Waals surface area contributed by atoms with Crippen molar-refractivity contribution in [1.29, 1.82) is 0 Å². The first-order valence-corrected chi connectivity index (χ1v) is 9.72. The van der Waals surface area contributed by atoms with Crippen LogP contribution in [-0.2, 0) is 61.9 Å². The van der Waals surface area contributed by atoms with Gasteiger partial charge in [0.15, 0.2) is 12.2 Å². The topological polar surface area (TPSA) is 159 Å². The normalized spacial score (nSPS) is 24.8. The standard InChI is InChI=1S/C20H28O13/c1-10(21)28-9-15-16(30-11(2)22)17(31-12(3)23)18(32-13(4)24)20(33-15)29-8-14(7-26-5)19(25)27-6/h8,15-18,20H,7,9H2,1-6H3/b14-8+/t15-,16-,17+,18-,20-/m1/s1. The monoisotopic (exact) mass is 476 g/mol. The van der Waals surface area contributed by atoms with Gasteiger partial charge < -0.3 is 37.9 Å². The van der Waals surface area contributed by atoms with Crippen LogP contribution in [-0.4, -0.2) is 88.0 Å². The second kappa shape index (κ2) is 13.4. The Kier molecular flexibility index (Phi) is 11.3. The molecule has 1 saturated heterocycles. The van der Waals surface area contributed by atoms with Gasteiger partial charge in [-0.25, -0.2) is 4.79 Å². The van der Waals surface area contributed by atoms with E-state index in [0.717, 1.165) is 41.1 Å². The highest BCUT2D eigenvalue weighted by Gasteiger charge is 2.53. The van der Waals surface area contributed by atoms with Crippen molar-refractivity contribution in [2.45, 2.75) is 58.4 Å². The maximum absolute atomic E-state index is 11.9. The highest BCUT2D eigenvalue weighted by atomic mass is 16.7. The van der Waals surface area contributed by atoms with Crippen LogP contribution in [0.5, 0.6) is 0 Å². The van der Waals surface area contributed by atoms with E-state index in [4.69, 9.17) is 33.2 Å². The number of hydrogen-bond donors (Lipinski definition) is 0. The summed E-state index contributed by atoms with van der Waals surface area (Å²) in [5.74, 6) is -3.75. The third-order valence-electron chi connectivity index (χ3n) is 4.04. The van der Waals surface area contributed by atoms with Crippen LogP contribution in [0, 0.1) is 0 Å². The molecule has 33 heavy (non-hydrogen) atoms. The molecule has 1 aliphatic heterocycles. The molecule has 0 aromatic carbocycles. The molecule has 1 rings (SSSR count). The summed E-state index contributed by atoms with van der Waals surface area (Å²) in [6, 6.07) is 0. The summed E-state index contributed by atoms with van der Waals surface area (Å²) in [6.07, 6.45) is -5.83. The molecule has 1 heterocycles. The van der Waals surface area contributed by atoms with E-state index in [1.165, 1.54) is 7.11 Å². The molecule has 5 atom stereocenters. The first-order chi connectivity index (χ1) is 15.5. The van der Waals surface area contributed by atoms with E-state index < -0.39 is 67.2 Å². The lowest BCUT2D eigenvalue weighted by Crippen LogP contribution is -2.62. The van der Waals surface area contributed by atoms with Crippen LogP contribution in [0.25, 0.3) is 0 Å². The highest BCUT2D eigenvalue weighted by molar-refractivity contribution is 5.88. The quantitative estimate of drug-likeness (QED) is 0.176. The van der Waals surface area contributed by atoms with Crippen LogP contribution in [0.15, 0.2) is 11.8 Å². The minimum Gasteiger partial charge on any atom is -0.468 e. The number of esters is 5. The summed E-state index contributed by atoms with van der Waals surface area (Å²) in [5, 5.41) is 0. The van der Waals surface area contributed by atoms with Crippen molar-refractivity contribution in [1.82, 2.24) is 0 Å². The predicted molar refractivity (Wildman–Crippen MR) is 105 cm³/mol. The third kappa shape index (κ3) is 9.06. The molecule has 0 bridgehead atoms. The summed E-state index contributed by atoms with van der Waals surface area (Å²) >= 11 is 0. The maximum atomic E-state index is 11.9. The van der Waals surface area contributed by atoms with E-state index in [9.17, 15) is 24.0 Å². The van der Waals surface area contributed by atoms with Crippen molar-refractivity contribution in [3.8, 4) is 0 Å². The Labute approximate surface area is 190 Å². The van der Waals surface area contributed by atoms with Gasteiger partial charge in [-0.1, -0.05) is 0 Å². The molecule has 0 radical (unpaired) electrons. The molecule has 0 spiro atoms. The molecule has 0 aromatic heterocycles. The van der Waals surface area contributed by atoms with Gasteiger partial charge in [-0.15, -0.1) is 0 Å². The van der Waals surface area contributed by atoms with Gasteiger partial charge in [-0.05, 0) is 0 Å². The fourth-order valence-corrected chi connectivity index (χ4v) is 2.88. The zero-order valence-corrected chi connectivity index (χ0v) is 19.2. The molecular weight excluding hydrogens is 448 g/mol. The van der Waals surface area contributed by atoms with E-state index in [-0.39, 0.29) is 12.2 Å². The van der Waals surface area contributed by atoms with Crippen LogP contribution in [0.2, 0.25) is 0 Å². The van der Waals surface area contributed by atoms with Crippen LogP contribution >= 0.6 is 0 Å². The van der Waals surface area contributed by atoms with E-state index in [1.807, 2.05) is 0 Å². The van der Waals surface area contributed by atoms with Gasteiger partial charge in [0, 0.05) is 34.8 Å². The number of carbonyl (C=O) groups is 5. The smallest absolute Gasteiger partial charge is 0.339 e. The maximum Gasteiger partial charge on any atom is 0.339 e. The Bertz CT molecular complexity index is 759. The molecule has 0 saturated carbocycles. The number of rotatable bonds is 10. The van der Waals surface area contributed by atoms with E-state index >= 15 is 0 Å². The molecule has 0 unspecified atom stereocenters. The van der Waals surface area contributed by atoms with E-state index in [2.05, 4.69) is 4.74 Å². The molecule has 1 fully saturated rings. The Morgan fingerprint density at radius 1 is 0.788 bits per heavy atom. The van der Waals surface area contributed by atoms with Crippen LogP contribution in [0.3, 0.4) is 0 Å². The van der Waals surface area contributed by atoms with Crippen LogP contribution in [0.1, 0.15) is 27.7 Å². The molecule has 186 valence electrons. The van der Waals surface area contributed by atoms with Gasteiger partial charge in [0.1, 0.15) is 12.7 Å². The largest absolute Gasteiger partial charge is 0.468 e. The minimum absolute atomic E-state index is 0.0483. The van der Waals surface area contributed by atoms with Gasteiger partial charge >= 0.3 is 29.8 Å². The van der Waals surface area contributed by atoms with Gasteiger partial charge in [0.25, 0.3) is 0 Å². The first kappa shape index (κ1) is 27.8. The zero-order chi connectivity index (χ0) is 25.1. The van der Waals surface area contributed by atoms with Crippen molar-refractivity contribution < 1.29 is 61.9 Å². The second-order valence-corrected chi connectivity index (χ2v) is 6.77. The Hall–Kier alpha value is -3.19. The average molecular weight is 476 g/mol. The van der Waals surface area contributed by atoms with Crippen molar-refractivity contribution in [2.75, 3.05) is 27.4 Å². The fourth-order valence-electron chi connectivity index (χ4n) is 2.88. The van der Waals surface area contributed by atoms with Gasteiger partial charge in [0.05, 0.1) is 25.6 Å². The molecular formula is C20H28O13. The summed E-state index contributed by atoms with van der Waals surface area (Å²) in [5.41, 5.74) is -0.0483. The lowest BCUT2D eigenvalue weighted by molar-refractivity contribution is -0.297. The average Bonchev–Trinajstić information content (AvgIpc) is 2.71. The number of hydrogen-bond acceptors (Lipinski definition) is 13. The summed E-state index contributed by atoms with van der Waals surface area (Å²) in [7, 11) is 2.49. The Balaban J connectivity index is 3.41. The molecule has 0 aliphatic carbocycles. The summed E-state index contributed by atoms with van der Waals surface area (Å²) < 4.78 is 41.5. The number of ether oxygens (including phenoxy) is 8. The fraction of sp³-hybridized carbons (Fsp3) is 0.650. The van der Waals surface area contributed by atoms with Crippen LogP contribution in [0.4, 0.5) is 0 Å². The molecule has 0 aromatic rings. The molecule has 1 aliphatic rings. The third-order valence-corrected chi connectivity index (χ3v) is 4.04. The van der Waals surface area contributed by atoms with Crippen molar-refractivity contribution in [3.63, 3.8) is 0 Å². The summed E-state index contributed by atoms with van der Waals surface area (Å²) in [6.45, 7) is 3.85. The Morgan fingerprint density at radius 2 is 1.33 bits per heavy atom. The minimum atomic E-state index is -1.47. The van der Waals surface area contributed by atoms with E-state index in [0.29, 0.717) is 0 Å². The van der Waals surface area contributed by atoms with Gasteiger partial charge in [-0.2, -0.15) is 0 Å². The van der Waals surface area contributed by atoms with E-state index in [1.54, 1.807) is 0 Å². The van der Waals surface area contributed by atoms with Crippen molar-refractivity contribution >= 4 is 29.8 Å². The number of methoxy groups -OCH3 is 2. The van der Waals surface area contributed by atoms with Gasteiger partial charge in [-0.3, -0.25) is 19.2 Å². The second-order valence-electron chi connectivity index (χ2n) is 6.77. The van der Waals surface area contributed by atoms with Gasteiger partial charge in [0.2, 0.25) is 12.4 Å². The molecule has 13 nitrogen and oxygen atoms in total. The lowest BCUT2D eigenvalue weighted by Gasteiger charge is -2.43. The van der Waals surface area contributed by atoms with Crippen molar-refractivity contribution in [3.05, 3.63) is 11.8 Å². The number of carbonyl (C=O) groups excluding carboxylic acids is 5. The SMILES string of the molecule is COC/C(=C\O[C@@H]1O[C@H](COC(C)=O)[C@@H](OC(C)=O)[C@H](OC(C)=O)[C@H]1OC(C)=O)C(=O)OC. The lowest BCUT2D eigenvalue weighted by atomic mass is 9.98. The molecule has 0 amide bonds. The van der Waals surface area contributed by atoms with Crippen LogP contribution < -0.4 is 0 Å². The van der Waals surface area contributed by atoms with Crippen molar-refractivity contribution in [2.24, 2.45) is 0 Å². The summed E-state index contributed by atoms with van der Waals surface area (Å²) in [4.78, 5) is 58.4. The molecule has 13 heteroatoms.